The first-order valence-corrected chi connectivity index (χ1v) is 0. The van der Waals surface area contributed by atoms with Gasteiger partial charge in [-0.15, -0.1) is 0 Å². The molecular formula is Ga3Sc2. The summed E-state index contributed by atoms with van der Waals surface area (Å²) in [7, 11) is 0. The van der Waals surface area contributed by atoms with E-state index in [4.69, 9.17) is 0 Å². The van der Waals surface area contributed by atoms with Crippen LogP contribution in [0.1, 0.15) is 0 Å². The molecule has 0 aliphatic heterocycles. The van der Waals surface area contributed by atoms with Crippen LogP contribution in [-0.4, -0.2) is 59.4 Å². The Hall–Kier alpha value is 3.65. The van der Waals surface area contributed by atoms with E-state index in [-0.39, 0.29) is 111 Å². The Kier molecular flexibility index (Phi) is 193. The van der Waals surface area contributed by atoms with Crippen molar-refractivity contribution in [3.05, 3.63) is 0 Å². The fourth-order valence-electron chi connectivity index (χ4n) is 0. The largest absolute Gasteiger partial charge is 0 e. The van der Waals surface area contributed by atoms with Gasteiger partial charge in [0, 0.05) is 111 Å². The van der Waals surface area contributed by atoms with Gasteiger partial charge in [0.15, 0.2) is 0 Å². The summed E-state index contributed by atoms with van der Waals surface area (Å²) in [6.07, 6.45) is 0. The van der Waals surface area contributed by atoms with E-state index in [1.807, 2.05) is 0 Å². The fourth-order valence-corrected chi connectivity index (χ4v) is 0. The second-order valence-corrected chi connectivity index (χ2v) is 0. The molecule has 0 N–H and O–H groups in total. The van der Waals surface area contributed by atoms with Crippen molar-refractivity contribution in [3.63, 3.8) is 0 Å². The van der Waals surface area contributed by atoms with Crippen LogP contribution in [0.2, 0.25) is 0 Å². The van der Waals surface area contributed by atoms with Crippen LogP contribution in [-0.2, 0) is 51.7 Å². The maximum atomic E-state index is 0. The number of rotatable bonds is 0. The SMILES string of the molecule is [Ga].[Ga].[Ga].[Sc].[Sc]. The van der Waals surface area contributed by atoms with E-state index in [1.165, 1.54) is 0 Å². The molecular weight excluding hydrogens is 299 g/mol. The molecule has 0 nitrogen and oxygen atoms in total. The molecule has 0 aromatic rings. The van der Waals surface area contributed by atoms with Crippen molar-refractivity contribution in [1.29, 1.82) is 0 Å². The van der Waals surface area contributed by atoms with Gasteiger partial charge in [0.25, 0.3) is 0 Å². The van der Waals surface area contributed by atoms with Crippen LogP contribution < -0.4 is 0 Å². The first-order valence-electron chi connectivity index (χ1n) is 0. The van der Waals surface area contributed by atoms with Crippen molar-refractivity contribution >= 4 is 59.4 Å². The van der Waals surface area contributed by atoms with Crippen LogP contribution >= 0.6 is 0 Å². The number of hydrogen-bond acceptors (Lipinski definition) is 0. The van der Waals surface area contributed by atoms with Crippen LogP contribution in [0.15, 0.2) is 0 Å². The summed E-state index contributed by atoms with van der Waals surface area (Å²) in [5.74, 6) is 0. The Balaban J connectivity index is 0. The van der Waals surface area contributed by atoms with Gasteiger partial charge in [0.1, 0.15) is 0 Å². The minimum Gasteiger partial charge on any atom is 0 e. The van der Waals surface area contributed by atoms with Gasteiger partial charge in [-0.2, -0.15) is 0 Å². The maximum absolute atomic E-state index is 0. The van der Waals surface area contributed by atoms with Gasteiger partial charge >= 0.3 is 0 Å². The summed E-state index contributed by atoms with van der Waals surface area (Å²) in [6.45, 7) is 0. The smallest absolute Gasteiger partial charge is 0 e. The summed E-state index contributed by atoms with van der Waals surface area (Å²) >= 11 is 0. The van der Waals surface area contributed by atoms with Gasteiger partial charge < -0.3 is 0 Å². The fraction of sp³-hybridized carbons (Fsp3) is 0. The first kappa shape index (κ1) is 38.0. The summed E-state index contributed by atoms with van der Waals surface area (Å²) in [4.78, 5) is 0. The minimum absolute atomic E-state index is 0. The molecule has 0 aliphatic carbocycles. The molecule has 5 heteroatoms. The van der Waals surface area contributed by atoms with E-state index in [2.05, 4.69) is 0 Å². The Labute approximate surface area is 109 Å². The van der Waals surface area contributed by atoms with Crippen LogP contribution in [0.4, 0.5) is 0 Å². The summed E-state index contributed by atoms with van der Waals surface area (Å²) < 4.78 is 0. The topological polar surface area (TPSA) is 0 Å². The molecule has 15 valence electrons. The summed E-state index contributed by atoms with van der Waals surface area (Å²) in [5.41, 5.74) is 0. The molecule has 0 fully saturated rings. The number of hydrogen-bond donors (Lipinski definition) is 0. The third kappa shape index (κ3) is 18.3. The molecule has 0 heterocycles. The van der Waals surface area contributed by atoms with Gasteiger partial charge in [-0.1, -0.05) is 0 Å². The Morgan fingerprint density at radius 2 is 0.400 bits per heavy atom. The van der Waals surface area contributed by atoms with E-state index >= 15 is 0 Å². The van der Waals surface area contributed by atoms with Gasteiger partial charge in [-0.25, -0.2) is 0 Å². The molecule has 0 bridgehead atoms. The molecule has 0 unspecified atom stereocenters. The molecule has 0 saturated carbocycles. The van der Waals surface area contributed by atoms with Gasteiger partial charge in [-0.3, -0.25) is 0 Å². The van der Waals surface area contributed by atoms with E-state index in [0.717, 1.165) is 0 Å². The molecule has 0 aliphatic rings. The molecule has 5 heavy (non-hydrogen) atoms. The maximum Gasteiger partial charge on any atom is 0 e. The average molecular weight is 299 g/mol. The molecule has 0 amide bonds. The predicted molar refractivity (Wildman–Crippen MR) is 17.3 cm³/mol. The molecule has 0 saturated heterocycles. The van der Waals surface area contributed by atoms with Crippen molar-refractivity contribution in [2.75, 3.05) is 0 Å². The van der Waals surface area contributed by atoms with Crippen LogP contribution in [0, 0.1) is 0 Å². The average Bonchev–Trinajstić information content (AvgIpc) is 0. The third-order valence-electron chi connectivity index (χ3n) is 0. The Morgan fingerprint density at radius 3 is 0.400 bits per heavy atom. The predicted octanol–water partition coefficient (Wildman–Crippen LogP) is -1.15. The molecule has 0 atom stereocenters. The molecule has 0 rings (SSSR count). The second-order valence-electron chi connectivity index (χ2n) is 0. The summed E-state index contributed by atoms with van der Waals surface area (Å²) in [5, 5.41) is 0. The van der Waals surface area contributed by atoms with Gasteiger partial charge in [0.2, 0.25) is 0 Å². The first-order chi connectivity index (χ1) is 0. The Morgan fingerprint density at radius 1 is 0.400 bits per heavy atom. The standard InChI is InChI=1S/3Ga.2Sc. The van der Waals surface area contributed by atoms with E-state index in [0.29, 0.717) is 0 Å². The van der Waals surface area contributed by atoms with Crippen molar-refractivity contribution in [2.24, 2.45) is 0 Å². The van der Waals surface area contributed by atoms with E-state index < -0.39 is 0 Å². The van der Waals surface area contributed by atoms with Gasteiger partial charge in [0.05, 0.1) is 0 Å². The molecule has 0 spiro atoms. The molecule has 11 radical (unpaired) electrons. The van der Waals surface area contributed by atoms with Gasteiger partial charge in [-0.05, 0) is 0 Å². The van der Waals surface area contributed by atoms with Crippen LogP contribution in [0.5, 0.6) is 0 Å². The van der Waals surface area contributed by atoms with E-state index in [1.54, 1.807) is 0 Å². The van der Waals surface area contributed by atoms with Crippen molar-refractivity contribution < 1.29 is 51.7 Å². The molecule has 0 aromatic carbocycles. The summed E-state index contributed by atoms with van der Waals surface area (Å²) in [6, 6.07) is 0. The van der Waals surface area contributed by atoms with Crippen LogP contribution in [0.25, 0.3) is 0 Å². The quantitative estimate of drug-likeness (QED) is 0.496. The van der Waals surface area contributed by atoms with Crippen molar-refractivity contribution in [1.82, 2.24) is 0 Å². The van der Waals surface area contributed by atoms with Crippen molar-refractivity contribution in [3.8, 4) is 0 Å². The zero-order valence-corrected chi connectivity index (χ0v) is 13.8. The normalized spacial score (nSPS) is 0. The third-order valence-corrected chi connectivity index (χ3v) is 0. The van der Waals surface area contributed by atoms with E-state index in [9.17, 15) is 0 Å². The zero-order valence-electron chi connectivity index (χ0n) is 2.89. The Bertz CT molecular complexity index is 4.85. The van der Waals surface area contributed by atoms with Crippen LogP contribution in [0.3, 0.4) is 0 Å². The molecule has 0 aromatic heterocycles. The second kappa shape index (κ2) is 25.4. The minimum atomic E-state index is 0. The zero-order chi connectivity index (χ0) is 0. The van der Waals surface area contributed by atoms with Crippen molar-refractivity contribution in [2.45, 2.75) is 0 Å². The monoisotopic (exact) mass is 297 g/mol.